The van der Waals surface area contributed by atoms with E-state index in [-0.39, 0.29) is 6.03 Å². The fourth-order valence-corrected chi connectivity index (χ4v) is 3.45. The zero-order valence-electron chi connectivity index (χ0n) is 11.6. The van der Waals surface area contributed by atoms with Crippen molar-refractivity contribution in [2.24, 2.45) is 5.92 Å². The number of rotatable bonds is 4. The molecule has 0 spiro atoms. The Bertz CT molecular complexity index is 340. The van der Waals surface area contributed by atoms with Gasteiger partial charge in [-0.2, -0.15) is 0 Å². The van der Waals surface area contributed by atoms with Crippen molar-refractivity contribution in [3.8, 4) is 0 Å². The predicted molar refractivity (Wildman–Crippen MR) is 71.9 cm³/mol. The third kappa shape index (κ3) is 3.19. The summed E-state index contributed by atoms with van der Waals surface area (Å²) in [5, 5.41) is 11.7. The molecule has 108 valence electrons. The van der Waals surface area contributed by atoms with Gasteiger partial charge in [0.25, 0.3) is 0 Å². The van der Waals surface area contributed by atoms with E-state index < -0.39 is 12.0 Å². The molecule has 1 aliphatic heterocycles. The highest BCUT2D eigenvalue weighted by Gasteiger charge is 2.36. The minimum Gasteiger partial charge on any atom is -0.480 e. The van der Waals surface area contributed by atoms with E-state index in [1.165, 1.54) is 25.7 Å². The van der Waals surface area contributed by atoms with Gasteiger partial charge in [-0.3, -0.25) is 0 Å². The number of carboxylic acid groups (broad SMARTS) is 1. The van der Waals surface area contributed by atoms with E-state index in [0.717, 1.165) is 19.4 Å². The number of amides is 2. The molecule has 2 fully saturated rings. The summed E-state index contributed by atoms with van der Waals surface area (Å²) in [7, 11) is 0. The molecular weight excluding hydrogens is 244 g/mol. The van der Waals surface area contributed by atoms with Crippen LogP contribution in [0.2, 0.25) is 0 Å². The van der Waals surface area contributed by atoms with Gasteiger partial charge in [-0.15, -0.1) is 0 Å². The van der Waals surface area contributed by atoms with Crippen LogP contribution in [0.25, 0.3) is 0 Å². The third-order valence-electron chi connectivity index (χ3n) is 4.51. The van der Waals surface area contributed by atoms with Crippen molar-refractivity contribution in [3.63, 3.8) is 0 Å². The molecule has 1 unspecified atom stereocenters. The molecule has 0 aromatic heterocycles. The van der Waals surface area contributed by atoms with Gasteiger partial charge in [0, 0.05) is 12.6 Å². The second-order valence-electron chi connectivity index (χ2n) is 5.70. The Kier molecular flexibility index (Phi) is 4.66. The lowest BCUT2D eigenvalue weighted by Crippen LogP contribution is -2.50. The minimum absolute atomic E-state index is 0.191. The number of hydrogen-bond acceptors (Lipinski definition) is 2. The van der Waals surface area contributed by atoms with E-state index in [9.17, 15) is 9.59 Å². The molecule has 0 aromatic rings. The van der Waals surface area contributed by atoms with Crippen LogP contribution in [0.1, 0.15) is 51.9 Å². The molecule has 1 heterocycles. The zero-order chi connectivity index (χ0) is 13.8. The Balaban J connectivity index is 1.95. The molecule has 1 saturated heterocycles. The lowest BCUT2D eigenvalue weighted by molar-refractivity contribution is -0.139. The fourth-order valence-electron chi connectivity index (χ4n) is 3.45. The van der Waals surface area contributed by atoms with Crippen molar-refractivity contribution < 1.29 is 14.7 Å². The predicted octanol–water partition coefficient (Wildman–Crippen LogP) is 2.21. The summed E-state index contributed by atoms with van der Waals surface area (Å²) >= 11 is 0. The molecular formula is C14H24N2O3. The number of aliphatic carboxylic acids is 1. The van der Waals surface area contributed by atoms with E-state index in [2.05, 4.69) is 5.32 Å². The fraction of sp³-hybridized carbons (Fsp3) is 0.857. The van der Waals surface area contributed by atoms with Gasteiger partial charge in [0.05, 0.1) is 0 Å². The van der Waals surface area contributed by atoms with Crippen LogP contribution in [0.5, 0.6) is 0 Å². The van der Waals surface area contributed by atoms with Gasteiger partial charge >= 0.3 is 12.0 Å². The highest BCUT2D eigenvalue weighted by atomic mass is 16.4. The van der Waals surface area contributed by atoms with E-state index in [4.69, 9.17) is 5.11 Å². The molecule has 2 aliphatic rings. The van der Waals surface area contributed by atoms with Gasteiger partial charge in [0.2, 0.25) is 0 Å². The van der Waals surface area contributed by atoms with E-state index in [1.807, 2.05) is 4.90 Å². The Morgan fingerprint density at radius 3 is 2.53 bits per heavy atom. The van der Waals surface area contributed by atoms with Gasteiger partial charge in [0.15, 0.2) is 0 Å². The van der Waals surface area contributed by atoms with Gasteiger partial charge in [-0.25, -0.2) is 9.59 Å². The molecule has 0 bridgehead atoms. The molecule has 2 rings (SSSR count). The number of carboxylic acids is 1. The first-order valence-corrected chi connectivity index (χ1v) is 7.43. The number of carbonyl (C=O) groups is 2. The van der Waals surface area contributed by atoms with E-state index in [1.54, 1.807) is 6.92 Å². The smallest absolute Gasteiger partial charge is 0.326 e. The normalized spacial score (nSPS) is 25.5. The number of hydrogen-bond donors (Lipinski definition) is 2. The maximum atomic E-state index is 12.2. The topological polar surface area (TPSA) is 69.6 Å². The highest BCUT2D eigenvalue weighted by Crippen LogP contribution is 2.35. The zero-order valence-corrected chi connectivity index (χ0v) is 11.6. The summed E-state index contributed by atoms with van der Waals surface area (Å²) in [6.45, 7) is 2.54. The molecule has 2 atom stereocenters. The van der Waals surface area contributed by atoms with Crippen molar-refractivity contribution >= 4 is 12.0 Å². The molecule has 1 aliphatic carbocycles. The summed E-state index contributed by atoms with van der Waals surface area (Å²) in [5.41, 5.74) is 0. The molecule has 19 heavy (non-hydrogen) atoms. The van der Waals surface area contributed by atoms with Crippen LogP contribution in [0.4, 0.5) is 4.79 Å². The van der Waals surface area contributed by atoms with Crippen LogP contribution in [0.3, 0.4) is 0 Å². The van der Waals surface area contributed by atoms with Crippen LogP contribution in [0, 0.1) is 5.92 Å². The maximum Gasteiger partial charge on any atom is 0.326 e. The van der Waals surface area contributed by atoms with Crippen molar-refractivity contribution in [2.45, 2.75) is 64.0 Å². The average molecular weight is 268 g/mol. The molecule has 2 N–H and O–H groups in total. The van der Waals surface area contributed by atoms with Crippen molar-refractivity contribution in [1.82, 2.24) is 10.2 Å². The average Bonchev–Trinajstić information content (AvgIpc) is 3.03. The van der Waals surface area contributed by atoms with E-state index in [0.29, 0.717) is 18.4 Å². The molecule has 5 heteroatoms. The number of likely N-dealkylation sites (tertiary alicyclic amines) is 1. The molecule has 5 nitrogen and oxygen atoms in total. The van der Waals surface area contributed by atoms with E-state index >= 15 is 0 Å². The van der Waals surface area contributed by atoms with Crippen LogP contribution in [-0.2, 0) is 4.79 Å². The molecule has 0 aromatic carbocycles. The summed E-state index contributed by atoms with van der Waals surface area (Å²) in [6, 6.07) is -0.630. The van der Waals surface area contributed by atoms with Crippen LogP contribution < -0.4 is 5.32 Å². The maximum absolute atomic E-state index is 12.2. The lowest BCUT2D eigenvalue weighted by atomic mass is 9.96. The third-order valence-corrected chi connectivity index (χ3v) is 4.51. The Labute approximate surface area is 114 Å². The number of carbonyl (C=O) groups excluding carboxylic acids is 1. The number of urea groups is 1. The first-order valence-electron chi connectivity index (χ1n) is 7.43. The lowest BCUT2D eigenvalue weighted by Gasteiger charge is -2.30. The Morgan fingerprint density at radius 1 is 1.26 bits per heavy atom. The van der Waals surface area contributed by atoms with Crippen molar-refractivity contribution in [1.29, 1.82) is 0 Å². The summed E-state index contributed by atoms with van der Waals surface area (Å²) in [6.07, 6.45) is 7.49. The standard InChI is InChI=1S/C14H24N2O3/c1-2-11(13(17)18)15-14(19)16-9-5-8-12(16)10-6-3-4-7-10/h10-12H,2-9H2,1H3,(H,15,19)(H,17,18)/t11-,12?/m1/s1. The summed E-state index contributed by atoms with van der Waals surface area (Å²) < 4.78 is 0. The molecule has 2 amide bonds. The highest BCUT2D eigenvalue weighted by molar-refractivity contribution is 5.82. The van der Waals surface area contributed by atoms with Gasteiger partial charge in [0.1, 0.15) is 6.04 Å². The quantitative estimate of drug-likeness (QED) is 0.821. The second-order valence-corrected chi connectivity index (χ2v) is 5.70. The van der Waals surface area contributed by atoms with Crippen molar-refractivity contribution in [2.75, 3.05) is 6.54 Å². The first-order chi connectivity index (χ1) is 9.13. The SMILES string of the molecule is CC[C@@H](NC(=O)N1CCCC1C1CCCC1)C(=O)O. The van der Waals surface area contributed by atoms with Crippen molar-refractivity contribution in [3.05, 3.63) is 0 Å². The van der Waals surface area contributed by atoms with Crippen LogP contribution >= 0.6 is 0 Å². The first kappa shape index (κ1) is 14.2. The Hall–Kier alpha value is -1.26. The molecule has 1 saturated carbocycles. The van der Waals surface area contributed by atoms with Gasteiger partial charge < -0.3 is 15.3 Å². The monoisotopic (exact) mass is 268 g/mol. The van der Waals surface area contributed by atoms with Gasteiger partial charge in [-0.05, 0) is 38.0 Å². The van der Waals surface area contributed by atoms with Crippen LogP contribution in [-0.4, -0.2) is 40.6 Å². The Morgan fingerprint density at radius 2 is 1.95 bits per heavy atom. The minimum atomic E-state index is -0.951. The van der Waals surface area contributed by atoms with Crippen LogP contribution in [0.15, 0.2) is 0 Å². The van der Waals surface area contributed by atoms with Gasteiger partial charge in [-0.1, -0.05) is 19.8 Å². The number of nitrogens with zero attached hydrogens (tertiary/aromatic N) is 1. The number of nitrogens with one attached hydrogen (secondary N) is 1. The summed E-state index contributed by atoms with van der Waals surface area (Å²) in [5.74, 6) is -0.328. The largest absolute Gasteiger partial charge is 0.480 e. The summed E-state index contributed by atoms with van der Waals surface area (Å²) in [4.78, 5) is 25.1. The molecule has 0 radical (unpaired) electrons. The second kappa shape index (κ2) is 6.26.